The van der Waals surface area contributed by atoms with Gasteiger partial charge in [0.05, 0.1) is 5.52 Å². The van der Waals surface area contributed by atoms with Gasteiger partial charge in [-0.3, -0.25) is 4.79 Å². The summed E-state index contributed by atoms with van der Waals surface area (Å²) in [7, 11) is 1.86. The highest BCUT2D eigenvalue weighted by molar-refractivity contribution is 5.97. The van der Waals surface area contributed by atoms with Crippen molar-refractivity contribution in [3.8, 4) is 0 Å². The minimum Gasteiger partial charge on any atom is -0.335 e. The highest BCUT2D eigenvalue weighted by atomic mass is 16.2. The molecule has 0 radical (unpaired) electrons. The van der Waals surface area contributed by atoms with Gasteiger partial charge in [-0.2, -0.15) is 0 Å². The lowest BCUT2D eigenvalue weighted by molar-refractivity contribution is 0.0595. The number of hydrogen-bond acceptors (Lipinski definition) is 3. The van der Waals surface area contributed by atoms with Crippen LogP contribution in [0, 0.1) is 0 Å². The molecule has 2 heterocycles. The lowest BCUT2D eigenvalue weighted by Gasteiger charge is -2.38. The van der Waals surface area contributed by atoms with Crippen LogP contribution in [0.25, 0.3) is 11.0 Å². The van der Waals surface area contributed by atoms with Gasteiger partial charge in [-0.15, -0.1) is 5.10 Å². The second-order valence-corrected chi connectivity index (χ2v) is 7.13. The van der Waals surface area contributed by atoms with E-state index in [0.717, 1.165) is 30.4 Å². The number of rotatable bonds is 1. The Hall–Kier alpha value is -2.69. The number of aromatic nitrogens is 3. The van der Waals surface area contributed by atoms with E-state index in [1.165, 1.54) is 17.5 Å². The molecule has 25 heavy (non-hydrogen) atoms. The van der Waals surface area contributed by atoms with Crippen molar-refractivity contribution in [2.24, 2.45) is 7.05 Å². The third-order valence-electron chi connectivity index (χ3n) is 5.78. The number of nitrogens with zero attached hydrogens (tertiary/aromatic N) is 4. The van der Waals surface area contributed by atoms with Gasteiger partial charge in [0.1, 0.15) is 5.52 Å². The molecular formula is C20H20N4O. The third kappa shape index (κ3) is 2.18. The van der Waals surface area contributed by atoms with E-state index < -0.39 is 0 Å². The van der Waals surface area contributed by atoms with Gasteiger partial charge in [0.2, 0.25) is 0 Å². The van der Waals surface area contributed by atoms with Crippen LogP contribution in [0.15, 0.2) is 42.5 Å². The molecule has 1 aliphatic carbocycles. The Morgan fingerprint density at radius 1 is 1.20 bits per heavy atom. The normalized spacial score (nSPS) is 22.0. The fourth-order valence-electron chi connectivity index (χ4n) is 4.57. The first-order chi connectivity index (χ1) is 12.2. The van der Waals surface area contributed by atoms with Gasteiger partial charge < -0.3 is 4.90 Å². The molecule has 5 nitrogen and oxygen atoms in total. The lowest BCUT2D eigenvalue weighted by atomic mass is 9.88. The topological polar surface area (TPSA) is 51.0 Å². The van der Waals surface area contributed by atoms with Gasteiger partial charge in [0.15, 0.2) is 0 Å². The molecule has 1 unspecified atom stereocenters. The van der Waals surface area contributed by atoms with Crippen LogP contribution in [0.3, 0.4) is 0 Å². The molecule has 126 valence electrons. The molecule has 1 aliphatic heterocycles. The summed E-state index contributed by atoms with van der Waals surface area (Å²) >= 11 is 0. The Bertz CT molecular complexity index is 977. The molecule has 2 aliphatic rings. The standard InChI is InChI=1S/C20H20N4O/c1-23-18-9-8-14(11-17(18)21-22-23)20(25)24-10-4-7-16-15-6-3-2-5-13(15)12-19(16)24/h2-3,5-6,8-9,11,16,19H,4,7,10,12H2,1H3/t16-,19?/m1/s1. The number of benzene rings is 2. The minimum absolute atomic E-state index is 0.120. The Balaban J connectivity index is 1.48. The molecule has 3 aromatic rings. The Labute approximate surface area is 146 Å². The first-order valence-corrected chi connectivity index (χ1v) is 8.90. The van der Waals surface area contributed by atoms with Crippen LogP contribution in [0.1, 0.15) is 40.2 Å². The van der Waals surface area contributed by atoms with Crippen LogP contribution in [-0.4, -0.2) is 38.4 Å². The van der Waals surface area contributed by atoms with Crippen molar-refractivity contribution in [3.05, 3.63) is 59.2 Å². The Morgan fingerprint density at radius 2 is 2.08 bits per heavy atom. The maximum Gasteiger partial charge on any atom is 0.254 e. The molecule has 0 saturated carbocycles. The summed E-state index contributed by atoms with van der Waals surface area (Å²) in [6.45, 7) is 0.840. The summed E-state index contributed by atoms with van der Waals surface area (Å²) in [4.78, 5) is 15.3. The van der Waals surface area contributed by atoms with E-state index in [2.05, 4.69) is 39.5 Å². The molecular weight excluding hydrogens is 312 g/mol. The molecule has 2 aromatic carbocycles. The average molecular weight is 332 g/mol. The molecule has 0 bridgehead atoms. The predicted molar refractivity (Wildman–Crippen MR) is 95.5 cm³/mol. The van der Waals surface area contributed by atoms with E-state index in [0.29, 0.717) is 11.5 Å². The number of carbonyl (C=O) groups is 1. The largest absolute Gasteiger partial charge is 0.335 e. The molecule has 1 saturated heterocycles. The summed E-state index contributed by atoms with van der Waals surface area (Å²) in [5.74, 6) is 0.601. The third-order valence-corrected chi connectivity index (χ3v) is 5.78. The number of carbonyl (C=O) groups excluding carboxylic acids is 1. The predicted octanol–water partition coefficient (Wildman–Crippen LogP) is 2.91. The number of hydrogen-bond donors (Lipinski definition) is 0. The zero-order valence-electron chi connectivity index (χ0n) is 14.2. The van der Waals surface area contributed by atoms with Gasteiger partial charge in [0.25, 0.3) is 5.91 Å². The molecule has 0 spiro atoms. The van der Waals surface area contributed by atoms with Crippen molar-refractivity contribution in [2.75, 3.05) is 6.54 Å². The minimum atomic E-state index is 0.120. The first-order valence-electron chi connectivity index (χ1n) is 8.90. The monoisotopic (exact) mass is 332 g/mol. The smallest absolute Gasteiger partial charge is 0.254 e. The zero-order chi connectivity index (χ0) is 17.0. The van der Waals surface area contributed by atoms with Crippen molar-refractivity contribution < 1.29 is 4.79 Å². The van der Waals surface area contributed by atoms with Crippen molar-refractivity contribution in [1.82, 2.24) is 19.9 Å². The van der Waals surface area contributed by atoms with Gasteiger partial charge in [-0.05, 0) is 48.6 Å². The van der Waals surface area contributed by atoms with E-state index in [1.807, 2.05) is 25.2 Å². The number of aryl methyl sites for hydroxylation is 1. The fourth-order valence-corrected chi connectivity index (χ4v) is 4.57. The highest BCUT2D eigenvalue weighted by Crippen LogP contribution is 2.42. The van der Waals surface area contributed by atoms with Crippen LogP contribution < -0.4 is 0 Å². The summed E-state index contributed by atoms with van der Waals surface area (Å²) in [5, 5.41) is 8.18. The van der Waals surface area contributed by atoms with Gasteiger partial charge in [-0.1, -0.05) is 29.5 Å². The zero-order valence-corrected chi connectivity index (χ0v) is 14.2. The van der Waals surface area contributed by atoms with Crippen molar-refractivity contribution in [2.45, 2.75) is 31.2 Å². The Kier molecular flexibility index (Phi) is 3.17. The molecule has 1 fully saturated rings. The van der Waals surface area contributed by atoms with Gasteiger partial charge in [-0.25, -0.2) is 4.68 Å². The van der Waals surface area contributed by atoms with Crippen molar-refractivity contribution in [1.29, 1.82) is 0 Å². The van der Waals surface area contributed by atoms with E-state index in [1.54, 1.807) is 4.68 Å². The molecule has 0 N–H and O–H groups in total. The maximum atomic E-state index is 13.2. The fraction of sp³-hybridized carbons (Fsp3) is 0.350. The van der Waals surface area contributed by atoms with Crippen LogP contribution in [-0.2, 0) is 13.5 Å². The number of amides is 1. The molecule has 5 rings (SSSR count). The lowest BCUT2D eigenvalue weighted by Crippen LogP contribution is -2.46. The van der Waals surface area contributed by atoms with Crippen LogP contribution in [0.5, 0.6) is 0 Å². The van der Waals surface area contributed by atoms with E-state index in [-0.39, 0.29) is 11.9 Å². The first kappa shape index (κ1) is 14.6. The molecule has 1 aromatic heterocycles. The van der Waals surface area contributed by atoms with Crippen LogP contribution in [0.2, 0.25) is 0 Å². The van der Waals surface area contributed by atoms with E-state index in [9.17, 15) is 4.79 Å². The summed E-state index contributed by atoms with van der Waals surface area (Å²) in [6.07, 6.45) is 3.21. The number of fused-ring (bicyclic) bond motifs is 4. The molecule has 1 amide bonds. The van der Waals surface area contributed by atoms with Gasteiger partial charge in [0, 0.05) is 31.1 Å². The van der Waals surface area contributed by atoms with Gasteiger partial charge >= 0.3 is 0 Å². The second kappa shape index (κ2) is 5.41. The summed E-state index contributed by atoms with van der Waals surface area (Å²) in [5.41, 5.74) is 5.28. The highest BCUT2D eigenvalue weighted by Gasteiger charge is 2.40. The maximum absolute atomic E-state index is 13.2. The SMILES string of the molecule is Cn1nnc2cc(C(=O)N3CCC[C@@H]4c5ccccc5CC43)ccc21. The van der Waals surface area contributed by atoms with Crippen molar-refractivity contribution >= 4 is 16.9 Å². The quantitative estimate of drug-likeness (QED) is 0.688. The van der Waals surface area contributed by atoms with Crippen LogP contribution >= 0.6 is 0 Å². The van der Waals surface area contributed by atoms with E-state index >= 15 is 0 Å². The second-order valence-electron chi connectivity index (χ2n) is 7.13. The average Bonchev–Trinajstić information content (AvgIpc) is 3.21. The summed E-state index contributed by atoms with van der Waals surface area (Å²) < 4.78 is 1.73. The van der Waals surface area contributed by atoms with E-state index in [4.69, 9.17) is 0 Å². The Morgan fingerprint density at radius 3 is 3.00 bits per heavy atom. The number of likely N-dealkylation sites (tertiary alicyclic amines) is 1. The van der Waals surface area contributed by atoms with Crippen molar-refractivity contribution in [3.63, 3.8) is 0 Å². The molecule has 5 heteroatoms. The molecule has 2 atom stereocenters. The number of piperidine rings is 1. The van der Waals surface area contributed by atoms with Crippen LogP contribution in [0.4, 0.5) is 0 Å². The summed E-state index contributed by atoms with van der Waals surface area (Å²) in [6, 6.07) is 14.7.